The lowest BCUT2D eigenvalue weighted by Gasteiger charge is -2.27. The van der Waals surface area contributed by atoms with E-state index >= 15 is 0 Å². The second-order valence-corrected chi connectivity index (χ2v) is 11.2. The molecule has 0 bridgehead atoms. The van der Waals surface area contributed by atoms with Crippen LogP contribution in [0, 0.1) is 0 Å². The SMILES string of the molecule is O=C1CCC(N2C(=O)c3cccc(NCCCCCCCNC(c4cccnc4)c4cc5ccccc5o4)c3C2=O)C(=O)N1. The Morgan fingerprint density at radius 3 is 2.52 bits per heavy atom. The molecule has 1 fully saturated rings. The highest BCUT2D eigenvalue weighted by Crippen LogP contribution is 2.32. The van der Waals surface area contributed by atoms with Crippen LogP contribution in [0.25, 0.3) is 11.0 Å². The van der Waals surface area contributed by atoms with E-state index in [-0.39, 0.29) is 24.4 Å². The molecule has 2 unspecified atom stereocenters. The third-order valence-electron chi connectivity index (χ3n) is 8.23. The van der Waals surface area contributed by atoms with Gasteiger partial charge in [0.05, 0.1) is 17.2 Å². The van der Waals surface area contributed by atoms with Crippen LogP contribution in [-0.4, -0.2) is 52.6 Å². The molecule has 4 aromatic rings. The monoisotopic (exact) mass is 593 g/mol. The lowest BCUT2D eigenvalue weighted by molar-refractivity contribution is -0.136. The number of unbranched alkanes of at least 4 members (excludes halogenated alkanes) is 4. The number of hydrogen-bond acceptors (Lipinski definition) is 8. The van der Waals surface area contributed by atoms with Crippen LogP contribution in [0.3, 0.4) is 0 Å². The zero-order valence-electron chi connectivity index (χ0n) is 24.4. The number of benzene rings is 2. The van der Waals surface area contributed by atoms with Crippen LogP contribution in [0.1, 0.15) is 83.0 Å². The first-order valence-corrected chi connectivity index (χ1v) is 15.2. The van der Waals surface area contributed by atoms with Crippen molar-refractivity contribution in [2.75, 3.05) is 18.4 Å². The number of amides is 4. The highest BCUT2D eigenvalue weighted by molar-refractivity contribution is 6.25. The number of aromatic nitrogens is 1. The van der Waals surface area contributed by atoms with Gasteiger partial charge in [-0.2, -0.15) is 0 Å². The van der Waals surface area contributed by atoms with E-state index in [1.54, 1.807) is 24.4 Å². The molecular formula is C34H35N5O5. The normalized spacial score (nSPS) is 17.2. The van der Waals surface area contributed by atoms with Gasteiger partial charge in [-0.15, -0.1) is 0 Å². The van der Waals surface area contributed by atoms with Gasteiger partial charge in [0.1, 0.15) is 17.4 Å². The largest absolute Gasteiger partial charge is 0.459 e. The molecule has 1 saturated heterocycles. The van der Waals surface area contributed by atoms with Gasteiger partial charge >= 0.3 is 0 Å². The number of rotatable bonds is 13. The molecule has 10 heteroatoms. The Kier molecular flexibility index (Phi) is 8.79. The second kappa shape index (κ2) is 13.2. The maximum Gasteiger partial charge on any atom is 0.264 e. The van der Waals surface area contributed by atoms with Crippen LogP contribution in [0.5, 0.6) is 0 Å². The minimum atomic E-state index is -0.971. The third kappa shape index (κ3) is 6.12. The summed E-state index contributed by atoms with van der Waals surface area (Å²) in [7, 11) is 0. The number of nitrogens with one attached hydrogen (secondary N) is 3. The number of nitrogens with zero attached hydrogens (tertiary/aromatic N) is 2. The van der Waals surface area contributed by atoms with Crippen LogP contribution in [0.15, 0.2) is 77.5 Å². The van der Waals surface area contributed by atoms with Gasteiger partial charge in [0, 0.05) is 36.4 Å². The van der Waals surface area contributed by atoms with E-state index in [2.05, 4.69) is 39.1 Å². The van der Waals surface area contributed by atoms with E-state index < -0.39 is 29.7 Å². The number of furan rings is 1. The van der Waals surface area contributed by atoms with E-state index in [0.717, 1.165) is 65.8 Å². The van der Waals surface area contributed by atoms with E-state index in [0.29, 0.717) is 17.8 Å². The predicted octanol–water partition coefficient (Wildman–Crippen LogP) is 4.97. The molecule has 0 saturated carbocycles. The fraction of sp³-hybridized carbons (Fsp3) is 0.324. The van der Waals surface area contributed by atoms with E-state index in [9.17, 15) is 19.2 Å². The van der Waals surface area contributed by atoms with E-state index in [4.69, 9.17) is 4.42 Å². The molecule has 2 aromatic carbocycles. The number of carbonyl (C=O) groups is 4. The van der Waals surface area contributed by atoms with Gasteiger partial charge < -0.3 is 15.1 Å². The Labute approximate surface area is 255 Å². The number of carbonyl (C=O) groups excluding carboxylic acids is 4. The Hall–Kier alpha value is -4.83. The number of hydrogen-bond donors (Lipinski definition) is 3. The van der Waals surface area contributed by atoms with Gasteiger partial charge in [0.2, 0.25) is 11.8 Å². The molecule has 3 N–H and O–H groups in total. The van der Waals surface area contributed by atoms with Gasteiger partial charge in [-0.3, -0.25) is 34.4 Å². The number of anilines is 1. The number of fused-ring (bicyclic) bond motifs is 2. The molecule has 0 radical (unpaired) electrons. The minimum Gasteiger partial charge on any atom is -0.459 e. The van der Waals surface area contributed by atoms with E-state index in [1.165, 1.54) is 0 Å². The molecule has 6 rings (SSSR count). The topological polar surface area (TPSA) is 134 Å². The zero-order valence-corrected chi connectivity index (χ0v) is 24.4. The molecule has 4 amide bonds. The van der Waals surface area contributed by atoms with Crippen LogP contribution in [-0.2, 0) is 9.59 Å². The molecule has 2 aromatic heterocycles. The molecule has 2 atom stereocenters. The number of piperidine rings is 1. The molecule has 2 aliphatic rings. The van der Waals surface area contributed by atoms with Crippen LogP contribution < -0.4 is 16.0 Å². The summed E-state index contributed by atoms with van der Waals surface area (Å²) in [4.78, 5) is 55.5. The molecule has 0 aliphatic carbocycles. The molecular weight excluding hydrogens is 558 g/mol. The Morgan fingerprint density at radius 1 is 0.909 bits per heavy atom. The van der Waals surface area contributed by atoms with Gasteiger partial charge in [-0.1, -0.05) is 49.6 Å². The van der Waals surface area contributed by atoms with Crippen LogP contribution >= 0.6 is 0 Å². The Morgan fingerprint density at radius 2 is 1.73 bits per heavy atom. The van der Waals surface area contributed by atoms with Crippen molar-refractivity contribution in [3.05, 3.63) is 95.5 Å². The van der Waals surface area contributed by atoms with E-state index in [1.807, 2.05) is 30.5 Å². The first-order chi connectivity index (χ1) is 21.5. The molecule has 0 spiro atoms. The summed E-state index contributed by atoms with van der Waals surface area (Å²) in [5, 5.41) is 10.3. The molecule has 226 valence electrons. The second-order valence-electron chi connectivity index (χ2n) is 11.2. The van der Waals surface area contributed by atoms with Gasteiger partial charge in [-0.05, 0) is 61.7 Å². The zero-order chi connectivity index (χ0) is 30.5. The first kappa shape index (κ1) is 29.3. The van der Waals surface area contributed by atoms with Crippen molar-refractivity contribution in [3.63, 3.8) is 0 Å². The maximum absolute atomic E-state index is 13.2. The summed E-state index contributed by atoms with van der Waals surface area (Å²) in [5.74, 6) is -1.12. The highest BCUT2D eigenvalue weighted by atomic mass is 16.3. The smallest absolute Gasteiger partial charge is 0.264 e. The Balaban J connectivity index is 0.955. The number of imide groups is 2. The average molecular weight is 594 g/mol. The summed E-state index contributed by atoms with van der Waals surface area (Å²) >= 11 is 0. The minimum absolute atomic E-state index is 0.0756. The first-order valence-electron chi connectivity index (χ1n) is 15.2. The van der Waals surface area contributed by atoms with Crippen LogP contribution in [0.2, 0.25) is 0 Å². The van der Waals surface area contributed by atoms with Crippen molar-refractivity contribution < 1.29 is 23.6 Å². The summed E-state index contributed by atoms with van der Waals surface area (Å²) in [6, 6.07) is 18.2. The summed E-state index contributed by atoms with van der Waals surface area (Å²) in [5.41, 5.74) is 3.09. The summed E-state index contributed by atoms with van der Waals surface area (Å²) in [6.07, 6.45) is 8.96. The fourth-order valence-electron chi connectivity index (χ4n) is 5.99. The van der Waals surface area contributed by atoms with Crippen LogP contribution in [0.4, 0.5) is 5.69 Å². The standard InChI is InChI=1S/C34H35N5O5/c40-29-16-15-26(32(41)38-29)39-33(42)24-12-8-13-25(30(24)34(39)43)36-18-6-2-1-3-7-19-37-31(23-11-9-17-35-21-23)28-20-22-10-4-5-14-27(22)44-28/h4-5,8-14,17,20-21,26,31,36-37H,1-3,6-7,15-16,18-19H2,(H,38,40,41). The quantitative estimate of drug-likeness (QED) is 0.146. The van der Waals surface area contributed by atoms with Crippen molar-refractivity contribution >= 4 is 40.3 Å². The van der Waals surface area contributed by atoms with Crippen molar-refractivity contribution in [1.29, 1.82) is 0 Å². The summed E-state index contributed by atoms with van der Waals surface area (Å²) in [6.45, 7) is 1.49. The number of para-hydroxylation sites is 1. The lowest BCUT2D eigenvalue weighted by atomic mass is 10.0. The number of pyridine rings is 1. The van der Waals surface area contributed by atoms with Gasteiger partial charge in [0.25, 0.3) is 11.8 Å². The van der Waals surface area contributed by atoms with Gasteiger partial charge in [-0.25, -0.2) is 0 Å². The highest BCUT2D eigenvalue weighted by Gasteiger charge is 2.45. The molecule has 10 nitrogen and oxygen atoms in total. The molecule has 2 aliphatic heterocycles. The molecule has 4 heterocycles. The lowest BCUT2D eigenvalue weighted by Crippen LogP contribution is -2.54. The van der Waals surface area contributed by atoms with Crippen molar-refractivity contribution in [1.82, 2.24) is 20.5 Å². The van der Waals surface area contributed by atoms with Crippen molar-refractivity contribution in [2.45, 2.75) is 57.0 Å². The Bertz CT molecular complexity index is 1650. The predicted molar refractivity (Wildman–Crippen MR) is 165 cm³/mol. The fourth-order valence-corrected chi connectivity index (χ4v) is 5.99. The maximum atomic E-state index is 13.2. The average Bonchev–Trinajstić information content (AvgIpc) is 3.57. The summed E-state index contributed by atoms with van der Waals surface area (Å²) < 4.78 is 6.16. The van der Waals surface area contributed by atoms with Crippen molar-refractivity contribution in [3.8, 4) is 0 Å². The van der Waals surface area contributed by atoms with Gasteiger partial charge in [0.15, 0.2) is 0 Å². The third-order valence-corrected chi connectivity index (χ3v) is 8.23. The molecule has 44 heavy (non-hydrogen) atoms. The van der Waals surface area contributed by atoms with Crippen molar-refractivity contribution in [2.24, 2.45) is 0 Å².